The van der Waals surface area contributed by atoms with E-state index >= 15 is 0 Å². The van der Waals surface area contributed by atoms with E-state index in [1.165, 1.54) is 5.57 Å². The molecule has 4 heteroatoms. The van der Waals surface area contributed by atoms with Crippen molar-refractivity contribution in [3.63, 3.8) is 0 Å². The molecule has 128 valence electrons. The monoisotopic (exact) mass is 354 g/mol. The Morgan fingerprint density at radius 1 is 0.957 bits per heavy atom. The second-order valence-corrected chi connectivity index (χ2v) is 4.01. The summed E-state index contributed by atoms with van der Waals surface area (Å²) in [6.45, 7) is 12.1. The zero-order valence-electron chi connectivity index (χ0n) is 14.4. The average Bonchev–Trinajstić information content (AvgIpc) is 3.05. The first-order valence-corrected chi connectivity index (χ1v) is 7.51. The summed E-state index contributed by atoms with van der Waals surface area (Å²) in [5.41, 5.74) is 1.36. The fourth-order valence-electron chi connectivity index (χ4n) is 0.943. The summed E-state index contributed by atoms with van der Waals surface area (Å²) >= 11 is 0. The first-order chi connectivity index (χ1) is 10.7. The Balaban J connectivity index is -0.000000105. The van der Waals surface area contributed by atoms with Gasteiger partial charge in [0, 0.05) is 0 Å². The number of hydrogen-bond donors (Lipinski definition) is 0. The van der Waals surface area contributed by atoms with Crippen LogP contribution in [0, 0.1) is 6.08 Å². The molecule has 3 nitrogen and oxygen atoms in total. The van der Waals surface area contributed by atoms with Crippen LogP contribution in [0.15, 0.2) is 55.7 Å². The van der Waals surface area contributed by atoms with Crippen molar-refractivity contribution in [1.29, 1.82) is 0 Å². The van der Waals surface area contributed by atoms with Crippen LogP contribution in [0.5, 0.6) is 0 Å². The minimum absolute atomic E-state index is 0. The summed E-state index contributed by atoms with van der Waals surface area (Å²) in [5, 5.41) is 28.4. The van der Waals surface area contributed by atoms with Crippen molar-refractivity contribution in [2.45, 2.75) is 39.0 Å². The topological polar surface area (TPSA) is 69.2 Å². The van der Waals surface area contributed by atoms with Gasteiger partial charge in [0.1, 0.15) is 0 Å². The van der Waals surface area contributed by atoms with Crippen molar-refractivity contribution in [1.82, 2.24) is 0 Å². The van der Waals surface area contributed by atoms with Crippen molar-refractivity contribution in [2.75, 3.05) is 19.8 Å². The molecule has 0 fully saturated rings. The third-order valence-corrected chi connectivity index (χ3v) is 2.11. The van der Waals surface area contributed by atoms with Crippen LogP contribution in [0.3, 0.4) is 0 Å². The molecule has 0 bridgehead atoms. The van der Waals surface area contributed by atoms with Crippen LogP contribution < -0.4 is 15.3 Å². The van der Waals surface area contributed by atoms with Crippen molar-refractivity contribution >= 4 is 0 Å². The van der Waals surface area contributed by atoms with E-state index in [-0.39, 0.29) is 41.5 Å². The van der Waals surface area contributed by atoms with Crippen LogP contribution in [0.2, 0.25) is 0 Å². The van der Waals surface area contributed by atoms with Crippen LogP contribution in [-0.2, 0) is 21.7 Å². The maximum atomic E-state index is 9.46. The zero-order valence-corrected chi connectivity index (χ0v) is 16.0. The molecular formula is C19H30O3Ti. The Kier molecular flexibility index (Phi) is 43.4. The normalized spacial score (nSPS) is 10.2. The second kappa shape index (κ2) is 33.0. The van der Waals surface area contributed by atoms with E-state index in [9.17, 15) is 15.3 Å². The van der Waals surface area contributed by atoms with Gasteiger partial charge in [0.15, 0.2) is 0 Å². The average molecular weight is 354 g/mol. The van der Waals surface area contributed by atoms with Gasteiger partial charge in [-0.15, -0.1) is 46.0 Å². The van der Waals surface area contributed by atoms with E-state index in [0.29, 0.717) is 19.3 Å². The van der Waals surface area contributed by atoms with Crippen LogP contribution in [0.25, 0.3) is 0 Å². The molecule has 1 rings (SSSR count). The van der Waals surface area contributed by atoms with Crippen molar-refractivity contribution in [2.24, 2.45) is 0 Å². The summed E-state index contributed by atoms with van der Waals surface area (Å²) < 4.78 is 0. The smallest absolute Gasteiger partial charge is 0.854 e. The Labute approximate surface area is 157 Å². The molecule has 0 aliphatic heterocycles. The van der Waals surface area contributed by atoms with E-state index < -0.39 is 0 Å². The SMILES string of the molecule is C=CCC[O-].C=CCC[O-].C=CCC[O-].CCC1=[C-]CC=C1.[Ti+4]. The van der Waals surface area contributed by atoms with Gasteiger partial charge in [0.2, 0.25) is 0 Å². The van der Waals surface area contributed by atoms with Gasteiger partial charge >= 0.3 is 21.7 Å². The Morgan fingerprint density at radius 2 is 1.35 bits per heavy atom. The first-order valence-electron chi connectivity index (χ1n) is 7.51. The third-order valence-electron chi connectivity index (χ3n) is 2.11. The van der Waals surface area contributed by atoms with Gasteiger partial charge in [0.05, 0.1) is 0 Å². The first kappa shape index (κ1) is 30.2. The molecule has 0 spiro atoms. The molecule has 0 amide bonds. The number of allylic oxidation sites excluding steroid dienone is 4. The maximum absolute atomic E-state index is 9.46. The van der Waals surface area contributed by atoms with Gasteiger partial charge in [-0.05, 0) is 0 Å². The van der Waals surface area contributed by atoms with Crippen LogP contribution in [0.4, 0.5) is 0 Å². The molecule has 0 unspecified atom stereocenters. The van der Waals surface area contributed by atoms with E-state index in [0.717, 1.165) is 12.8 Å². The summed E-state index contributed by atoms with van der Waals surface area (Å²) in [5.74, 6) is 0. The standard InChI is InChI=1S/C7H9.3C4H7O.Ti/c1-2-7-5-3-4-6-7;3*1-2-3-4-5;/h3,5H,2,4H2,1H3;3*2H,1,3-4H2;/q4*-1;+4. The summed E-state index contributed by atoms with van der Waals surface area (Å²) in [7, 11) is 0. The van der Waals surface area contributed by atoms with Crippen LogP contribution in [0.1, 0.15) is 39.0 Å². The molecule has 1 aliphatic rings. The molecule has 0 saturated heterocycles. The molecule has 0 aromatic rings. The van der Waals surface area contributed by atoms with Gasteiger partial charge in [0.25, 0.3) is 0 Å². The molecule has 0 heterocycles. The molecule has 23 heavy (non-hydrogen) atoms. The van der Waals surface area contributed by atoms with Crippen molar-refractivity contribution in [3.8, 4) is 0 Å². The Hall–Kier alpha value is -0.706. The van der Waals surface area contributed by atoms with Crippen molar-refractivity contribution in [3.05, 3.63) is 61.8 Å². The molecule has 0 N–H and O–H groups in total. The molecule has 0 aromatic carbocycles. The fraction of sp³-hybridized carbons (Fsp3) is 0.474. The maximum Gasteiger partial charge on any atom is 4.00 e. The molecule has 0 radical (unpaired) electrons. The van der Waals surface area contributed by atoms with Gasteiger partial charge < -0.3 is 15.3 Å². The van der Waals surface area contributed by atoms with E-state index in [2.05, 4.69) is 44.9 Å². The quantitative estimate of drug-likeness (QED) is 0.398. The minimum Gasteiger partial charge on any atom is -0.854 e. The predicted molar refractivity (Wildman–Crippen MR) is 89.8 cm³/mol. The summed E-state index contributed by atoms with van der Waals surface area (Å²) in [6, 6.07) is 0. The van der Waals surface area contributed by atoms with Gasteiger partial charge in [-0.3, -0.25) is 6.08 Å². The molecule has 0 saturated carbocycles. The minimum atomic E-state index is -0.0243. The molecule has 0 atom stereocenters. The fourth-order valence-corrected chi connectivity index (χ4v) is 0.943. The molecular weight excluding hydrogens is 324 g/mol. The van der Waals surface area contributed by atoms with Gasteiger partial charge in [-0.2, -0.15) is 6.08 Å². The molecule has 0 aromatic heterocycles. The third kappa shape index (κ3) is 38.8. The second-order valence-electron chi connectivity index (χ2n) is 4.01. The Morgan fingerprint density at radius 3 is 1.43 bits per heavy atom. The predicted octanol–water partition coefficient (Wildman–Crippen LogP) is 1.85. The number of hydrogen-bond acceptors (Lipinski definition) is 3. The van der Waals surface area contributed by atoms with Crippen molar-refractivity contribution < 1.29 is 37.0 Å². The summed E-state index contributed by atoms with van der Waals surface area (Å²) in [6.07, 6.45) is 16.3. The van der Waals surface area contributed by atoms with E-state index in [1.807, 2.05) is 0 Å². The molecule has 1 aliphatic carbocycles. The Bertz CT molecular complexity index is 273. The summed E-state index contributed by atoms with van der Waals surface area (Å²) in [4.78, 5) is 0. The van der Waals surface area contributed by atoms with Crippen LogP contribution >= 0.6 is 0 Å². The van der Waals surface area contributed by atoms with Crippen LogP contribution in [-0.4, -0.2) is 19.8 Å². The van der Waals surface area contributed by atoms with E-state index in [4.69, 9.17) is 0 Å². The van der Waals surface area contributed by atoms with Gasteiger partial charge in [-0.25, -0.2) is 11.6 Å². The van der Waals surface area contributed by atoms with Gasteiger partial charge in [-0.1, -0.05) is 50.8 Å². The van der Waals surface area contributed by atoms with E-state index in [1.54, 1.807) is 18.2 Å². The number of rotatable bonds is 7. The zero-order chi connectivity index (χ0) is 17.5. The largest absolute Gasteiger partial charge is 4.00 e.